The maximum atomic E-state index is 6.26. The Bertz CT molecular complexity index is 2630. The Balaban J connectivity index is 1.14. The molecule has 1 aliphatic carbocycles. The third kappa shape index (κ3) is 10.1. The van der Waals surface area contributed by atoms with Crippen LogP contribution in [-0.2, 0) is 5.41 Å². The first-order valence-electron chi connectivity index (χ1n) is 24.4. The van der Waals surface area contributed by atoms with Crippen LogP contribution in [0.3, 0.4) is 0 Å². The summed E-state index contributed by atoms with van der Waals surface area (Å²) < 4.78 is 12.5. The van der Waals surface area contributed by atoms with E-state index in [1.807, 2.05) is 48.5 Å². The van der Waals surface area contributed by atoms with Crippen LogP contribution in [0.2, 0.25) is 0 Å². The number of unbranched alkanes of at least 4 members (excludes halogenated alkanes) is 6. The Morgan fingerprint density at radius 2 is 0.821 bits per heavy atom. The topological polar surface area (TPSA) is 73.7 Å². The molecule has 0 saturated heterocycles. The average molecular weight is 882 g/mol. The summed E-state index contributed by atoms with van der Waals surface area (Å²) in [5.74, 6) is 3.13. The molecule has 1 aliphatic rings. The van der Waals surface area contributed by atoms with Gasteiger partial charge in [0.05, 0.1) is 0 Å². The van der Waals surface area contributed by atoms with Gasteiger partial charge in [0.25, 0.3) is 0 Å². The summed E-state index contributed by atoms with van der Waals surface area (Å²) in [6.45, 7) is 4.63. The fourth-order valence-corrected chi connectivity index (χ4v) is 10.2. The first-order valence-corrected chi connectivity index (χ1v) is 24.4. The number of hydrogen-bond acceptors (Lipinski definition) is 5. The van der Waals surface area contributed by atoms with E-state index in [0.717, 1.165) is 58.6 Å². The number of anilines is 5. The van der Waals surface area contributed by atoms with Crippen molar-refractivity contribution in [1.82, 2.24) is 0 Å². The average Bonchev–Trinajstić information content (AvgIpc) is 3.63. The van der Waals surface area contributed by atoms with Gasteiger partial charge < -0.3 is 25.8 Å². The maximum absolute atomic E-state index is 6.26. The smallest absolute Gasteiger partial charge is 0.127 e. The molecule has 1 atom stereocenters. The molecular formula is C62H63N3O2. The van der Waals surface area contributed by atoms with Gasteiger partial charge in [-0.2, -0.15) is 0 Å². The SMILES string of the molecule is CCCCCCC1(CCCCCC)c2cc(C(c3ccccc3)c3ccc(Oc4ccc(N)cc4)cc3)ccc2-c2ccc(N(c3ccccc3)c3ccc(Oc4ccc(N)cc4)cc3)cc21. The van der Waals surface area contributed by atoms with Gasteiger partial charge in [0.2, 0.25) is 0 Å². The molecule has 0 aliphatic heterocycles. The zero-order valence-corrected chi connectivity index (χ0v) is 39.0. The van der Waals surface area contributed by atoms with E-state index in [-0.39, 0.29) is 11.3 Å². The van der Waals surface area contributed by atoms with Gasteiger partial charge in [-0.1, -0.05) is 150 Å². The van der Waals surface area contributed by atoms with Gasteiger partial charge in [-0.25, -0.2) is 0 Å². The molecule has 5 nitrogen and oxygen atoms in total. The van der Waals surface area contributed by atoms with E-state index in [2.05, 4.69) is 164 Å². The third-order valence-corrected chi connectivity index (χ3v) is 13.6. The minimum atomic E-state index is -0.144. The predicted molar refractivity (Wildman–Crippen MR) is 281 cm³/mol. The summed E-state index contributed by atoms with van der Waals surface area (Å²) in [5.41, 5.74) is 26.0. The van der Waals surface area contributed by atoms with Crippen molar-refractivity contribution in [3.05, 3.63) is 222 Å². The van der Waals surface area contributed by atoms with Crippen LogP contribution in [0, 0.1) is 0 Å². The molecular weight excluding hydrogens is 819 g/mol. The largest absolute Gasteiger partial charge is 0.457 e. The fourth-order valence-electron chi connectivity index (χ4n) is 10.2. The molecule has 0 amide bonds. The standard InChI is InChI=1S/C62H63N3O2/c1-3-5-7-15-41-62(42-16-8-6-4-2)59-43-47(61(45-17-11-9-12-18-45)46-21-31-53(32-22-46)66-54-33-24-48(63)25-34-54)23-39-57(59)58-40-30-52(44-60(58)62)65(50-19-13-10-14-20-50)51-28-37-56(38-29-51)67-55-35-26-49(64)27-36-55/h9-14,17-40,43-44,61H,3-8,15-16,41-42,63-64H2,1-2H3. The zero-order chi connectivity index (χ0) is 46.0. The molecule has 0 aromatic heterocycles. The zero-order valence-electron chi connectivity index (χ0n) is 39.0. The molecule has 8 aromatic rings. The number of nitrogens with two attached hydrogens (primary N) is 2. The van der Waals surface area contributed by atoms with Crippen LogP contribution >= 0.6 is 0 Å². The van der Waals surface area contributed by atoms with E-state index in [0.29, 0.717) is 5.69 Å². The number of hydrogen-bond donors (Lipinski definition) is 2. The van der Waals surface area contributed by atoms with Crippen molar-refractivity contribution in [3.8, 4) is 34.1 Å². The molecule has 338 valence electrons. The monoisotopic (exact) mass is 881 g/mol. The van der Waals surface area contributed by atoms with E-state index >= 15 is 0 Å². The number of benzene rings is 8. The van der Waals surface area contributed by atoms with Gasteiger partial charge in [-0.05, 0) is 161 Å². The number of rotatable bonds is 20. The van der Waals surface area contributed by atoms with Gasteiger partial charge in [-0.3, -0.25) is 0 Å². The number of nitrogens with zero attached hydrogens (tertiary/aromatic N) is 1. The van der Waals surface area contributed by atoms with Gasteiger partial charge >= 0.3 is 0 Å². The molecule has 1 unspecified atom stereocenters. The Morgan fingerprint density at radius 1 is 0.403 bits per heavy atom. The molecule has 67 heavy (non-hydrogen) atoms. The molecule has 0 bridgehead atoms. The molecule has 0 spiro atoms. The fraction of sp³-hybridized carbons (Fsp3) is 0.226. The summed E-state index contributed by atoms with van der Waals surface area (Å²) in [7, 11) is 0. The second-order valence-corrected chi connectivity index (χ2v) is 18.2. The van der Waals surface area contributed by atoms with Crippen LogP contribution in [0.25, 0.3) is 11.1 Å². The Kier molecular flexibility index (Phi) is 14.0. The third-order valence-electron chi connectivity index (χ3n) is 13.6. The Hall–Kier alpha value is -7.24. The van der Waals surface area contributed by atoms with Crippen molar-refractivity contribution in [1.29, 1.82) is 0 Å². The number of fused-ring (bicyclic) bond motifs is 3. The van der Waals surface area contributed by atoms with E-state index in [1.54, 1.807) is 0 Å². The summed E-state index contributed by atoms with van der Waals surface area (Å²) in [5, 5.41) is 0. The Labute approximate surface area is 398 Å². The van der Waals surface area contributed by atoms with E-state index in [1.165, 1.54) is 90.3 Å². The minimum absolute atomic E-state index is 0.0368. The van der Waals surface area contributed by atoms with Crippen LogP contribution in [0.1, 0.15) is 112 Å². The van der Waals surface area contributed by atoms with Crippen LogP contribution in [0.5, 0.6) is 23.0 Å². The van der Waals surface area contributed by atoms with Gasteiger partial charge in [0.15, 0.2) is 0 Å². The highest BCUT2D eigenvalue weighted by Crippen LogP contribution is 2.56. The second kappa shape index (κ2) is 20.9. The van der Waals surface area contributed by atoms with E-state index in [4.69, 9.17) is 20.9 Å². The van der Waals surface area contributed by atoms with Crippen molar-refractivity contribution in [2.24, 2.45) is 0 Å². The number of para-hydroxylation sites is 1. The van der Waals surface area contributed by atoms with Crippen LogP contribution in [0.15, 0.2) is 194 Å². The molecule has 0 radical (unpaired) electrons. The molecule has 0 saturated carbocycles. The predicted octanol–water partition coefficient (Wildman–Crippen LogP) is 17.3. The second-order valence-electron chi connectivity index (χ2n) is 18.2. The quantitative estimate of drug-likeness (QED) is 0.0453. The van der Waals surface area contributed by atoms with Crippen molar-refractivity contribution in [3.63, 3.8) is 0 Å². The van der Waals surface area contributed by atoms with Crippen LogP contribution in [0.4, 0.5) is 28.4 Å². The lowest BCUT2D eigenvalue weighted by Gasteiger charge is -2.35. The highest BCUT2D eigenvalue weighted by Gasteiger charge is 2.43. The minimum Gasteiger partial charge on any atom is -0.457 e. The molecule has 5 heteroatoms. The summed E-state index contributed by atoms with van der Waals surface area (Å²) in [4.78, 5) is 2.40. The normalized spacial score (nSPS) is 12.8. The molecule has 8 aromatic carbocycles. The van der Waals surface area contributed by atoms with E-state index < -0.39 is 0 Å². The van der Waals surface area contributed by atoms with Crippen molar-refractivity contribution in [2.75, 3.05) is 16.4 Å². The molecule has 9 rings (SSSR count). The van der Waals surface area contributed by atoms with Gasteiger partial charge in [0, 0.05) is 39.8 Å². The number of ether oxygens (including phenoxy) is 2. The Morgan fingerprint density at radius 3 is 1.36 bits per heavy atom. The van der Waals surface area contributed by atoms with Crippen molar-refractivity contribution in [2.45, 2.75) is 89.4 Å². The highest BCUT2D eigenvalue weighted by molar-refractivity contribution is 5.86. The van der Waals surface area contributed by atoms with Crippen LogP contribution in [-0.4, -0.2) is 0 Å². The molecule has 4 N–H and O–H groups in total. The van der Waals surface area contributed by atoms with Gasteiger partial charge in [-0.15, -0.1) is 0 Å². The van der Waals surface area contributed by atoms with Crippen molar-refractivity contribution >= 4 is 28.4 Å². The lowest BCUT2D eigenvalue weighted by Crippen LogP contribution is -2.26. The summed E-state index contributed by atoms with van der Waals surface area (Å²) in [6.07, 6.45) is 12.0. The van der Waals surface area contributed by atoms with E-state index in [9.17, 15) is 0 Å². The molecule has 0 fully saturated rings. The first kappa shape index (κ1) is 44.9. The molecule has 0 heterocycles. The summed E-state index contributed by atoms with van der Waals surface area (Å²) >= 11 is 0. The summed E-state index contributed by atoms with van der Waals surface area (Å²) in [6, 6.07) is 68.6. The first-order chi connectivity index (χ1) is 32.9. The highest BCUT2D eigenvalue weighted by atomic mass is 16.5. The lowest BCUT2D eigenvalue weighted by molar-refractivity contribution is 0.401. The van der Waals surface area contributed by atoms with Crippen molar-refractivity contribution < 1.29 is 9.47 Å². The van der Waals surface area contributed by atoms with Crippen LogP contribution < -0.4 is 25.8 Å². The lowest BCUT2D eigenvalue weighted by atomic mass is 9.69. The number of nitrogen functional groups attached to an aromatic ring is 2. The maximum Gasteiger partial charge on any atom is 0.127 e. The van der Waals surface area contributed by atoms with Gasteiger partial charge in [0.1, 0.15) is 23.0 Å².